The molecule has 1 fully saturated rings. The molecule has 2 aromatic rings. The molecule has 0 saturated carbocycles. The van der Waals surface area contributed by atoms with Gasteiger partial charge in [0.15, 0.2) is 5.82 Å². The largest absolute Gasteiger partial charge is 0.490 e. The Balaban J connectivity index is 2.06. The van der Waals surface area contributed by atoms with Gasteiger partial charge in [-0.2, -0.15) is 0 Å². The van der Waals surface area contributed by atoms with E-state index in [-0.39, 0.29) is 6.10 Å². The Bertz CT molecular complexity index is 587. The van der Waals surface area contributed by atoms with E-state index < -0.39 is 7.12 Å². The topological polar surface area (TPSA) is 89.7 Å². The van der Waals surface area contributed by atoms with Crippen molar-refractivity contribution in [2.75, 3.05) is 18.0 Å². The van der Waals surface area contributed by atoms with E-state index in [1.807, 2.05) is 4.90 Å². The maximum atomic E-state index is 9.31. The summed E-state index contributed by atoms with van der Waals surface area (Å²) in [7, 11) is -1.52. The predicted octanol–water partition coefficient (Wildman–Crippen LogP) is -1.51. The Labute approximate surface area is 104 Å². The van der Waals surface area contributed by atoms with Crippen LogP contribution in [0.25, 0.3) is 10.9 Å². The van der Waals surface area contributed by atoms with Crippen molar-refractivity contribution in [3.05, 3.63) is 24.5 Å². The summed E-state index contributed by atoms with van der Waals surface area (Å²) < 4.78 is 0. The minimum absolute atomic E-state index is 0.305. The Morgan fingerprint density at radius 1 is 1.28 bits per heavy atom. The second kappa shape index (κ2) is 4.20. The van der Waals surface area contributed by atoms with E-state index in [0.717, 1.165) is 11.2 Å². The molecular weight excluding hydrogens is 233 g/mol. The van der Waals surface area contributed by atoms with Gasteiger partial charge in [-0.25, -0.2) is 4.98 Å². The van der Waals surface area contributed by atoms with Crippen LogP contribution in [0.3, 0.4) is 0 Å². The van der Waals surface area contributed by atoms with Gasteiger partial charge in [-0.1, -0.05) is 6.07 Å². The van der Waals surface area contributed by atoms with E-state index in [1.54, 1.807) is 18.3 Å². The molecule has 1 saturated heterocycles. The smallest absolute Gasteiger partial charge is 0.423 e. The molecule has 0 unspecified atom stereocenters. The number of hydrogen-bond donors (Lipinski definition) is 3. The van der Waals surface area contributed by atoms with E-state index in [1.165, 1.54) is 6.20 Å². The molecule has 18 heavy (non-hydrogen) atoms. The average molecular weight is 245 g/mol. The van der Waals surface area contributed by atoms with Crippen molar-refractivity contribution in [3.8, 4) is 0 Å². The molecule has 6 nitrogen and oxygen atoms in total. The fourth-order valence-corrected chi connectivity index (χ4v) is 2.06. The third kappa shape index (κ3) is 1.82. The van der Waals surface area contributed by atoms with Crippen LogP contribution in [0.15, 0.2) is 24.5 Å². The summed E-state index contributed by atoms with van der Waals surface area (Å²) in [5.74, 6) is 0.719. The lowest BCUT2D eigenvalue weighted by atomic mass is 9.81. The van der Waals surface area contributed by atoms with Gasteiger partial charge in [0.2, 0.25) is 0 Å². The highest BCUT2D eigenvalue weighted by molar-refractivity contribution is 6.58. The van der Waals surface area contributed by atoms with Crippen LogP contribution in [0, 0.1) is 0 Å². The monoisotopic (exact) mass is 245 g/mol. The molecule has 1 aliphatic rings. The third-order valence-corrected chi connectivity index (χ3v) is 3.06. The maximum Gasteiger partial charge on any atom is 0.490 e. The molecule has 3 rings (SSSR count). The van der Waals surface area contributed by atoms with Crippen LogP contribution in [0.2, 0.25) is 0 Å². The van der Waals surface area contributed by atoms with Gasteiger partial charge in [0.25, 0.3) is 0 Å². The van der Waals surface area contributed by atoms with Gasteiger partial charge in [-0.3, -0.25) is 4.98 Å². The number of rotatable bonds is 2. The van der Waals surface area contributed by atoms with Crippen LogP contribution in [0.5, 0.6) is 0 Å². The minimum atomic E-state index is -1.52. The zero-order chi connectivity index (χ0) is 12.7. The molecule has 7 heteroatoms. The van der Waals surface area contributed by atoms with Gasteiger partial charge in [0.1, 0.15) is 5.52 Å². The Hall–Kier alpha value is -1.70. The van der Waals surface area contributed by atoms with Gasteiger partial charge in [-0.05, 0) is 6.07 Å². The molecule has 0 amide bonds. The number of pyridine rings is 2. The number of β-amino-alcohol motifs (C(OH)–C–C–N with tert-alkyl or cyclic N) is 1. The van der Waals surface area contributed by atoms with Crippen molar-refractivity contribution in [1.82, 2.24) is 9.97 Å². The zero-order valence-corrected chi connectivity index (χ0v) is 9.56. The summed E-state index contributed by atoms with van der Waals surface area (Å²) in [6.45, 7) is 1.11. The number of aliphatic hydroxyl groups is 1. The van der Waals surface area contributed by atoms with E-state index in [9.17, 15) is 5.11 Å². The maximum absolute atomic E-state index is 9.31. The molecule has 0 atom stereocenters. The molecule has 0 bridgehead atoms. The van der Waals surface area contributed by atoms with Crippen LogP contribution < -0.4 is 10.4 Å². The summed E-state index contributed by atoms with van der Waals surface area (Å²) in [6, 6.07) is 3.45. The van der Waals surface area contributed by atoms with Gasteiger partial charge >= 0.3 is 7.12 Å². The molecule has 0 spiro atoms. The molecule has 3 N–H and O–H groups in total. The van der Waals surface area contributed by atoms with Crippen molar-refractivity contribution in [3.63, 3.8) is 0 Å². The Kier molecular flexibility index (Phi) is 2.66. The average Bonchev–Trinajstić information content (AvgIpc) is 2.33. The normalized spacial score (nSPS) is 15.8. The van der Waals surface area contributed by atoms with Gasteiger partial charge in [-0.15, -0.1) is 0 Å². The standard InChI is InChI=1S/C11H12BN3O3/c16-9-5-15(6-9)11-10-7(1-2-13-11)3-8(4-14-10)12(17)18/h1-4,9,16-18H,5-6H2. The van der Waals surface area contributed by atoms with E-state index in [2.05, 4.69) is 9.97 Å². The first-order valence-corrected chi connectivity index (χ1v) is 5.69. The first-order chi connectivity index (χ1) is 8.65. The first-order valence-electron chi connectivity index (χ1n) is 5.69. The Morgan fingerprint density at radius 2 is 2.06 bits per heavy atom. The SMILES string of the molecule is OB(O)c1cnc2c(N3CC(O)C3)nccc2c1. The molecule has 0 radical (unpaired) electrons. The lowest BCUT2D eigenvalue weighted by Gasteiger charge is -2.37. The molecule has 92 valence electrons. The highest BCUT2D eigenvalue weighted by Crippen LogP contribution is 2.25. The van der Waals surface area contributed by atoms with Crippen molar-refractivity contribution in [2.45, 2.75) is 6.10 Å². The van der Waals surface area contributed by atoms with E-state index in [0.29, 0.717) is 24.1 Å². The predicted molar refractivity (Wildman–Crippen MR) is 67.6 cm³/mol. The molecule has 1 aliphatic heterocycles. The summed E-state index contributed by atoms with van der Waals surface area (Å²) in [6.07, 6.45) is 2.77. The van der Waals surface area contributed by atoms with E-state index >= 15 is 0 Å². The van der Waals surface area contributed by atoms with Crippen LogP contribution in [-0.4, -0.2) is 51.4 Å². The molecule has 0 aromatic carbocycles. The highest BCUT2D eigenvalue weighted by atomic mass is 16.4. The second-order valence-electron chi connectivity index (χ2n) is 4.41. The van der Waals surface area contributed by atoms with Crippen LogP contribution in [-0.2, 0) is 0 Å². The van der Waals surface area contributed by atoms with Crippen LogP contribution >= 0.6 is 0 Å². The molecule has 2 aromatic heterocycles. The number of fused-ring (bicyclic) bond motifs is 1. The van der Waals surface area contributed by atoms with Crippen molar-refractivity contribution in [1.29, 1.82) is 0 Å². The lowest BCUT2D eigenvalue weighted by molar-refractivity contribution is 0.141. The number of nitrogens with zero attached hydrogens (tertiary/aromatic N) is 3. The number of aliphatic hydroxyl groups excluding tert-OH is 1. The summed E-state index contributed by atoms with van der Waals surface area (Å²) in [4.78, 5) is 10.4. The number of anilines is 1. The summed E-state index contributed by atoms with van der Waals surface area (Å²) >= 11 is 0. The molecule has 0 aliphatic carbocycles. The van der Waals surface area contributed by atoms with Crippen molar-refractivity contribution in [2.24, 2.45) is 0 Å². The van der Waals surface area contributed by atoms with Gasteiger partial charge in [0.05, 0.1) is 6.10 Å². The number of aromatic nitrogens is 2. The number of hydrogen-bond acceptors (Lipinski definition) is 6. The quantitative estimate of drug-likeness (QED) is 0.557. The fraction of sp³-hybridized carbons (Fsp3) is 0.273. The fourth-order valence-electron chi connectivity index (χ4n) is 2.06. The zero-order valence-electron chi connectivity index (χ0n) is 9.56. The Morgan fingerprint density at radius 3 is 2.72 bits per heavy atom. The van der Waals surface area contributed by atoms with Crippen molar-refractivity contribution >= 4 is 29.3 Å². The summed E-state index contributed by atoms with van der Waals surface area (Å²) in [5.41, 5.74) is 1.05. The van der Waals surface area contributed by atoms with E-state index in [4.69, 9.17) is 10.0 Å². The van der Waals surface area contributed by atoms with Gasteiger partial charge in [0, 0.05) is 36.3 Å². The van der Waals surface area contributed by atoms with Gasteiger partial charge < -0.3 is 20.1 Å². The van der Waals surface area contributed by atoms with Crippen LogP contribution in [0.4, 0.5) is 5.82 Å². The third-order valence-electron chi connectivity index (χ3n) is 3.06. The van der Waals surface area contributed by atoms with Crippen LogP contribution in [0.1, 0.15) is 0 Å². The summed E-state index contributed by atoms with van der Waals surface area (Å²) in [5, 5.41) is 28.3. The molecular formula is C11H12BN3O3. The van der Waals surface area contributed by atoms with Crippen molar-refractivity contribution < 1.29 is 15.2 Å². The minimum Gasteiger partial charge on any atom is -0.423 e. The lowest BCUT2D eigenvalue weighted by Crippen LogP contribution is -2.51. The molecule has 3 heterocycles. The highest BCUT2D eigenvalue weighted by Gasteiger charge is 2.27. The first kappa shape index (κ1) is 11.4. The second-order valence-corrected chi connectivity index (χ2v) is 4.41.